The van der Waals surface area contributed by atoms with Gasteiger partial charge in [0.15, 0.2) is 0 Å². The Morgan fingerprint density at radius 1 is 1.36 bits per heavy atom. The summed E-state index contributed by atoms with van der Waals surface area (Å²) >= 11 is 0. The standard InChI is InChI=1S/C7H7F3O/c8-7(9,10)5-2-1-3-6(11)4-5/h2,4,11H,1,3H2. The molecule has 62 valence electrons. The molecule has 1 rings (SSSR count). The Balaban J connectivity index is 2.82. The van der Waals surface area contributed by atoms with Gasteiger partial charge in [0.25, 0.3) is 0 Å². The largest absolute Gasteiger partial charge is 0.512 e. The predicted octanol–water partition coefficient (Wildman–Crippen LogP) is 2.71. The summed E-state index contributed by atoms with van der Waals surface area (Å²) < 4.78 is 35.7. The lowest BCUT2D eigenvalue weighted by Crippen LogP contribution is -2.12. The average Bonchev–Trinajstić information content (AvgIpc) is 1.86. The SMILES string of the molecule is OC1=CC(C(F)(F)F)=CCC1. The fraction of sp³-hybridized carbons (Fsp3) is 0.429. The molecule has 1 aliphatic rings. The van der Waals surface area contributed by atoms with Gasteiger partial charge in [-0.15, -0.1) is 0 Å². The van der Waals surface area contributed by atoms with Crippen LogP contribution in [0.15, 0.2) is 23.5 Å². The molecule has 0 aromatic carbocycles. The summed E-state index contributed by atoms with van der Waals surface area (Å²) in [5, 5.41) is 8.76. The molecule has 1 N–H and O–H groups in total. The molecule has 0 amide bonds. The molecule has 0 aliphatic heterocycles. The lowest BCUT2D eigenvalue weighted by Gasteiger charge is -2.11. The Morgan fingerprint density at radius 3 is 2.36 bits per heavy atom. The zero-order valence-corrected chi connectivity index (χ0v) is 5.65. The van der Waals surface area contributed by atoms with Crippen LogP contribution >= 0.6 is 0 Å². The van der Waals surface area contributed by atoms with E-state index in [4.69, 9.17) is 5.11 Å². The summed E-state index contributed by atoms with van der Waals surface area (Å²) in [7, 11) is 0. The lowest BCUT2D eigenvalue weighted by molar-refractivity contribution is -0.0889. The first-order valence-electron chi connectivity index (χ1n) is 3.17. The van der Waals surface area contributed by atoms with E-state index in [0.29, 0.717) is 6.42 Å². The van der Waals surface area contributed by atoms with Crippen molar-refractivity contribution >= 4 is 0 Å². The predicted molar refractivity (Wildman–Crippen MR) is 34.1 cm³/mol. The number of halogens is 3. The van der Waals surface area contributed by atoms with Gasteiger partial charge in [-0.1, -0.05) is 6.08 Å². The average molecular weight is 164 g/mol. The van der Waals surface area contributed by atoms with E-state index >= 15 is 0 Å². The molecule has 0 aromatic heterocycles. The van der Waals surface area contributed by atoms with Crippen LogP contribution in [0.25, 0.3) is 0 Å². The Hall–Kier alpha value is -0.930. The molecule has 4 heteroatoms. The van der Waals surface area contributed by atoms with Gasteiger partial charge >= 0.3 is 6.18 Å². The second-order valence-electron chi connectivity index (χ2n) is 2.33. The second kappa shape index (κ2) is 2.60. The number of aliphatic hydroxyl groups excluding tert-OH is 1. The molecule has 0 spiro atoms. The monoisotopic (exact) mass is 164 g/mol. The van der Waals surface area contributed by atoms with E-state index in [1.165, 1.54) is 0 Å². The van der Waals surface area contributed by atoms with E-state index in [9.17, 15) is 13.2 Å². The number of allylic oxidation sites excluding steroid dienone is 4. The fourth-order valence-corrected chi connectivity index (χ4v) is 0.884. The maximum Gasteiger partial charge on any atom is 0.416 e. The first kappa shape index (κ1) is 8.17. The molecule has 1 aliphatic carbocycles. The molecular weight excluding hydrogens is 157 g/mol. The number of aliphatic hydroxyl groups is 1. The quantitative estimate of drug-likeness (QED) is 0.583. The van der Waals surface area contributed by atoms with E-state index < -0.39 is 11.7 Å². The van der Waals surface area contributed by atoms with Crippen molar-refractivity contribution in [2.24, 2.45) is 0 Å². The first-order chi connectivity index (χ1) is 5.00. The highest BCUT2D eigenvalue weighted by atomic mass is 19.4. The fourth-order valence-electron chi connectivity index (χ4n) is 0.884. The summed E-state index contributed by atoms with van der Waals surface area (Å²) in [4.78, 5) is 0. The van der Waals surface area contributed by atoms with Crippen molar-refractivity contribution in [1.82, 2.24) is 0 Å². The third-order valence-electron chi connectivity index (χ3n) is 1.41. The number of hydrogen-bond acceptors (Lipinski definition) is 1. The molecule has 0 saturated carbocycles. The van der Waals surface area contributed by atoms with Crippen molar-refractivity contribution in [2.45, 2.75) is 19.0 Å². The van der Waals surface area contributed by atoms with Crippen LogP contribution in [0.4, 0.5) is 13.2 Å². The van der Waals surface area contributed by atoms with E-state index in [2.05, 4.69) is 0 Å². The van der Waals surface area contributed by atoms with Crippen molar-refractivity contribution < 1.29 is 18.3 Å². The van der Waals surface area contributed by atoms with Gasteiger partial charge in [-0.25, -0.2) is 0 Å². The van der Waals surface area contributed by atoms with E-state index in [-0.39, 0.29) is 12.2 Å². The molecule has 11 heavy (non-hydrogen) atoms. The van der Waals surface area contributed by atoms with E-state index in [1.54, 1.807) is 0 Å². The van der Waals surface area contributed by atoms with E-state index in [0.717, 1.165) is 12.2 Å². The molecule has 0 unspecified atom stereocenters. The maximum atomic E-state index is 11.9. The minimum absolute atomic E-state index is 0.195. The third kappa shape index (κ3) is 2.00. The van der Waals surface area contributed by atoms with Crippen LogP contribution in [-0.4, -0.2) is 11.3 Å². The molecule has 1 nitrogen and oxygen atoms in total. The van der Waals surface area contributed by atoms with Gasteiger partial charge in [-0.3, -0.25) is 0 Å². The van der Waals surface area contributed by atoms with Crippen LogP contribution in [0.5, 0.6) is 0 Å². The smallest absolute Gasteiger partial charge is 0.416 e. The normalized spacial score (nSPS) is 19.2. The second-order valence-corrected chi connectivity index (χ2v) is 2.33. The third-order valence-corrected chi connectivity index (χ3v) is 1.41. The highest BCUT2D eigenvalue weighted by molar-refractivity contribution is 5.28. The number of hydrogen-bond donors (Lipinski definition) is 1. The highest BCUT2D eigenvalue weighted by Crippen LogP contribution is 2.30. The van der Waals surface area contributed by atoms with Gasteiger partial charge in [-0.05, 0) is 12.5 Å². The van der Waals surface area contributed by atoms with Crippen molar-refractivity contribution in [1.29, 1.82) is 0 Å². The Morgan fingerprint density at radius 2 is 2.00 bits per heavy atom. The molecular formula is C7H7F3O. The molecule has 0 heterocycles. The highest BCUT2D eigenvalue weighted by Gasteiger charge is 2.33. The lowest BCUT2D eigenvalue weighted by atomic mass is 10.1. The Labute approximate surface area is 61.8 Å². The Bertz CT molecular complexity index is 212. The Kier molecular flexibility index (Phi) is 1.93. The van der Waals surface area contributed by atoms with Crippen molar-refractivity contribution in [3.63, 3.8) is 0 Å². The van der Waals surface area contributed by atoms with Gasteiger partial charge in [0, 0.05) is 6.42 Å². The van der Waals surface area contributed by atoms with Crippen LogP contribution in [-0.2, 0) is 0 Å². The van der Waals surface area contributed by atoms with Crippen molar-refractivity contribution in [3.8, 4) is 0 Å². The number of alkyl halides is 3. The zero-order chi connectivity index (χ0) is 8.48. The minimum Gasteiger partial charge on any atom is -0.512 e. The van der Waals surface area contributed by atoms with Gasteiger partial charge in [0.2, 0.25) is 0 Å². The summed E-state index contributed by atoms with van der Waals surface area (Å²) in [5.41, 5.74) is -0.749. The summed E-state index contributed by atoms with van der Waals surface area (Å²) in [6.45, 7) is 0. The van der Waals surface area contributed by atoms with Crippen LogP contribution < -0.4 is 0 Å². The van der Waals surface area contributed by atoms with Gasteiger partial charge in [0.1, 0.15) is 0 Å². The summed E-state index contributed by atoms with van der Waals surface area (Å²) in [6.07, 6.45) is -1.91. The minimum atomic E-state index is -4.32. The van der Waals surface area contributed by atoms with Gasteiger partial charge < -0.3 is 5.11 Å². The van der Waals surface area contributed by atoms with Gasteiger partial charge in [-0.2, -0.15) is 13.2 Å². The molecule has 0 aromatic rings. The molecule has 0 saturated heterocycles. The van der Waals surface area contributed by atoms with Crippen LogP contribution in [0.3, 0.4) is 0 Å². The molecule has 0 radical (unpaired) electrons. The topological polar surface area (TPSA) is 20.2 Å². The molecule has 0 bridgehead atoms. The van der Waals surface area contributed by atoms with Crippen LogP contribution in [0.2, 0.25) is 0 Å². The van der Waals surface area contributed by atoms with Gasteiger partial charge in [0.05, 0.1) is 11.3 Å². The number of rotatable bonds is 0. The van der Waals surface area contributed by atoms with Crippen LogP contribution in [0.1, 0.15) is 12.8 Å². The summed E-state index contributed by atoms with van der Waals surface area (Å²) in [6, 6.07) is 0. The van der Waals surface area contributed by atoms with Crippen molar-refractivity contribution in [3.05, 3.63) is 23.5 Å². The van der Waals surface area contributed by atoms with E-state index in [1.807, 2.05) is 0 Å². The van der Waals surface area contributed by atoms with Crippen molar-refractivity contribution in [2.75, 3.05) is 0 Å². The first-order valence-corrected chi connectivity index (χ1v) is 3.17. The van der Waals surface area contributed by atoms with Crippen LogP contribution in [0, 0.1) is 0 Å². The summed E-state index contributed by atoms with van der Waals surface area (Å²) in [5.74, 6) is -0.195. The molecule has 0 atom stereocenters. The maximum absolute atomic E-state index is 11.9. The molecule has 0 fully saturated rings. The zero-order valence-electron chi connectivity index (χ0n) is 5.65.